The Labute approximate surface area is 198 Å². The minimum atomic E-state index is -0.507. The van der Waals surface area contributed by atoms with Crippen LogP contribution < -0.4 is 16.0 Å². The van der Waals surface area contributed by atoms with Crippen molar-refractivity contribution in [3.63, 3.8) is 0 Å². The van der Waals surface area contributed by atoms with E-state index in [0.717, 1.165) is 50.1 Å². The van der Waals surface area contributed by atoms with Gasteiger partial charge < -0.3 is 21.1 Å². The van der Waals surface area contributed by atoms with Crippen molar-refractivity contribution in [2.75, 3.05) is 36.8 Å². The van der Waals surface area contributed by atoms with Crippen LogP contribution >= 0.6 is 0 Å². The molecule has 3 aromatic rings. The Morgan fingerprint density at radius 3 is 2.21 bits per heavy atom. The Morgan fingerprint density at radius 1 is 0.853 bits per heavy atom. The monoisotopic (exact) mass is 456 g/mol. The van der Waals surface area contributed by atoms with Gasteiger partial charge in [-0.3, -0.25) is 14.5 Å². The zero-order valence-corrected chi connectivity index (χ0v) is 18.9. The van der Waals surface area contributed by atoms with Gasteiger partial charge in [0.25, 0.3) is 5.91 Å². The molecule has 3 aromatic carbocycles. The molecule has 1 aliphatic heterocycles. The van der Waals surface area contributed by atoms with Gasteiger partial charge in [0.15, 0.2) is 0 Å². The Balaban J connectivity index is 1.27. The van der Waals surface area contributed by atoms with Crippen molar-refractivity contribution in [1.82, 2.24) is 10.2 Å². The predicted molar refractivity (Wildman–Crippen MR) is 133 cm³/mol. The van der Waals surface area contributed by atoms with E-state index >= 15 is 0 Å². The smallest absolute Gasteiger partial charge is 0.255 e. The number of rotatable bonds is 6. The lowest BCUT2D eigenvalue weighted by Gasteiger charge is -2.34. The molecule has 0 spiro atoms. The van der Waals surface area contributed by atoms with E-state index in [-0.39, 0.29) is 23.3 Å². The van der Waals surface area contributed by atoms with Crippen LogP contribution in [0.4, 0.5) is 11.4 Å². The lowest BCUT2D eigenvalue weighted by atomic mass is 10.1. The van der Waals surface area contributed by atoms with Crippen molar-refractivity contribution in [3.8, 4) is 16.9 Å². The van der Waals surface area contributed by atoms with Gasteiger partial charge in [-0.2, -0.15) is 0 Å². The normalized spacial score (nSPS) is 17.1. The molecule has 2 aliphatic rings. The fourth-order valence-electron chi connectivity index (χ4n) is 4.49. The number of aromatic hydroxyl groups is 1. The summed E-state index contributed by atoms with van der Waals surface area (Å²) in [4.78, 5) is 28.2. The van der Waals surface area contributed by atoms with Gasteiger partial charge in [0.2, 0.25) is 5.91 Å². The summed E-state index contributed by atoms with van der Waals surface area (Å²) in [5.74, 6) is -0.502. The highest BCUT2D eigenvalue weighted by molar-refractivity contribution is 6.07. The first-order valence-corrected chi connectivity index (χ1v) is 11.6. The number of carbonyl (C=O) groups excluding carboxylic acids is 2. The van der Waals surface area contributed by atoms with Crippen molar-refractivity contribution in [1.29, 1.82) is 0 Å². The average Bonchev–Trinajstić information content (AvgIpc) is 3.69. The van der Waals surface area contributed by atoms with Gasteiger partial charge in [-0.05, 0) is 54.3 Å². The van der Waals surface area contributed by atoms with E-state index in [9.17, 15) is 14.7 Å². The molecule has 1 saturated carbocycles. The molecule has 0 aromatic heterocycles. The number of hydrogen-bond donors (Lipinski definition) is 4. The van der Waals surface area contributed by atoms with Crippen LogP contribution in [0.2, 0.25) is 0 Å². The van der Waals surface area contributed by atoms with Crippen LogP contribution in [0.3, 0.4) is 0 Å². The molecule has 5 rings (SSSR count). The molecule has 4 N–H and O–H groups in total. The summed E-state index contributed by atoms with van der Waals surface area (Å²) in [6.45, 7) is 3.38. The molecule has 2 amide bonds. The lowest BCUT2D eigenvalue weighted by Crippen LogP contribution is -2.54. The number of benzene rings is 3. The van der Waals surface area contributed by atoms with E-state index in [2.05, 4.69) is 20.9 Å². The molecule has 1 saturated heterocycles. The van der Waals surface area contributed by atoms with Crippen LogP contribution in [-0.4, -0.2) is 53.5 Å². The number of nitrogens with zero attached hydrogens (tertiary/aromatic N) is 1. The summed E-state index contributed by atoms with van der Waals surface area (Å²) in [6.07, 6.45) is 1.61. The largest absolute Gasteiger partial charge is 0.506 e. The number of piperazine rings is 1. The fraction of sp³-hybridized carbons (Fsp3) is 0.259. The number of hydrogen-bond acceptors (Lipinski definition) is 5. The van der Waals surface area contributed by atoms with E-state index < -0.39 is 5.54 Å². The van der Waals surface area contributed by atoms with Crippen LogP contribution in [-0.2, 0) is 4.79 Å². The molecular formula is C27H28N4O3. The molecular weight excluding hydrogens is 428 g/mol. The molecule has 174 valence electrons. The quantitative estimate of drug-likeness (QED) is 0.425. The van der Waals surface area contributed by atoms with Crippen molar-refractivity contribution < 1.29 is 14.7 Å². The average molecular weight is 457 g/mol. The van der Waals surface area contributed by atoms with Crippen LogP contribution in [0, 0.1) is 0 Å². The Kier molecular flexibility index (Phi) is 6.04. The first-order valence-electron chi connectivity index (χ1n) is 11.6. The highest BCUT2D eigenvalue weighted by Gasteiger charge is 2.54. The van der Waals surface area contributed by atoms with Gasteiger partial charge in [0.05, 0.1) is 5.69 Å². The number of nitrogens with one attached hydrogen (secondary N) is 3. The number of phenolic OH excluding ortho intramolecular Hbond substituents is 1. The number of amides is 2. The fourth-order valence-corrected chi connectivity index (χ4v) is 4.49. The maximum absolute atomic E-state index is 13.1. The molecule has 2 fully saturated rings. The second kappa shape index (κ2) is 9.29. The highest BCUT2D eigenvalue weighted by Crippen LogP contribution is 2.43. The highest BCUT2D eigenvalue weighted by atomic mass is 16.3. The second-order valence-electron chi connectivity index (χ2n) is 8.85. The molecule has 34 heavy (non-hydrogen) atoms. The Bertz CT molecular complexity index is 1180. The minimum Gasteiger partial charge on any atom is -0.506 e. The molecule has 7 nitrogen and oxygen atoms in total. The van der Waals surface area contributed by atoms with Crippen molar-refractivity contribution in [2.24, 2.45) is 0 Å². The van der Waals surface area contributed by atoms with E-state index in [1.807, 2.05) is 54.6 Å². The van der Waals surface area contributed by atoms with Crippen LogP contribution in [0.15, 0.2) is 72.8 Å². The molecule has 0 atom stereocenters. The van der Waals surface area contributed by atoms with Crippen molar-refractivity contribution in [2.45, 2.75) is 18.4 Å². The van der Waals surface area contributed by atoms with Crippen LogP contribution in [0.1, 0.15) is 23.2 Å². The van der Waals surface area contributed by atoms with E-state index in [4.69, 9.17) is 0 Å². The summed E-state index contributed by atoms with van der Waals surface area (Å²) in [5, 5.41) is 19.4. The Hall–Kier alpha value is -3.68. The molecule has 7 heteroatoms. The third kappa shape index (κ3) is 4.53. The van der Waals surface area contributed by atoms with Crippen LogP contribution in [0.25, 0.3) is 11.1 Å². The van der Waals surface area contributed by atoms with Gasteiger partial charge in [-0.1, -0.05) is 42.5 Å². The maximum atomic E-state index is 13.1. The SMILES string of the molecule is O=C(Nc1ccc(-c2ccccc2)cc1)c1ccc(O)c(NC(=O)C2(N3CCNCC3)CC2)c1. The number of phenols is 1. The van der Waals surface area contributed by atoms with E-state index in [1.54, 1.807) is 6.07 Å². The van der Waals surface area contributed by atoms with Crippen molar-refractivity contribution >= 4 is 23.2 Å². The summed E-state index contributed by atoms with van der Waals surface area (Å²) in [6, 6.07) is 22.1. The first kappa shape index (κ1) is 22.1. The van der Waals surface area contributed by atoms with Gasteiger partial charge in [-0.25, -0.2) is 0 Å². The van der Waals surface area contributed by atoms with Gasteiger partial charge >= 0.3 is 0 Å². The lowest BCUT2D eigenvalue weighted by molar-refractivity contribution is -0.123. The topological polar surface area (TPSA) is 93.7 Å². The summed E-state index contributed by atoms with van der Waals surface area (Å²) < 4.78 is 0. The van der Waals surface area contributed by atoms with Gasteiger partial charge in [0, 0.05) is 37.4 Å². The summed E-state index contributed by atoms with van der Waals surface area (Å²) in [7, 11) is 0. The molecule has 0 radical (unpaired) electrons. The third-order valence-corrected chi connectivity index (χ3v) is 6.63. The molecule has 1 aliphatic carbocycles. The third-order valence-electron chi connectivity index (χ3n) is 6.63. The Morgan fingerprint density at radius 2 is 1.53 bits per heavy atom. The molecule has 1 heterocycles. The predicted octanol–water partition coefficient (Wildman–Crippen LogP) is 3.69. The van der Waals surface area contributed by atoms with E-state index in [1.165, 1.54) is 12.1 Å². The second-order valence-corrected chi connectivity index (χ2v) is 8.85. The standard InChI is InChI=1S/C27H28N4O3/c32-24-11-8-21(18-23(24)30-26(34)27(12-13-27)31-16-14-28-15-17-31)25(33)29-22-9-6-20(7-10-22)19-4-2-1-3-5-19/h1-11,18,28,32H,12-17H2,(H,29,33)(H,30,34). The zero-order chi connectivity index (χ0) is 23.5. The van der Waals surface area contributed by atoms with Gasteiger partial charge in [0.1, 0.15) is 11.3 Å². The summed E-state index contributed by atoms with van der Waals surface area (Å²) in [5.41, 5.74) is 2.93. The van der Waals surface area contributed by atoms with Crippen LogP contribution in [0.5, 0.6) is 5.75 Å². The van der Waals surface area contributed by atoms with Gasteiger partial charge in [-0.15, -0.1) is 0 Å². The molecule has 0 bridgehead atoms. The molecule has 0 unspecified atom stereocenters. The van der Waals surface area contributed by atoms with Crippen molar-refractivity contribution in [3.05, 3.63) is 78.4 Å². The number of anilines is 2. The maximum Gasteiger partial charge on any atom is 0.255 e. The number of carbonyl (C=O) groups is 2. The first-order chi connectivity index (χ1) is 16.5. The minimum absolute atomic E-state index is 0.0618. The zero-order valence-electron chi connectivity index (χ0n) is 18.9. The summed E-state index contributed by atoms with van der Waals surface area (Å²) >= 11 is 0. The van der Waals surface area contributed by atoms with E-state index in [0.29, 0.717) is 11.3 Å².